The van der Waals surface area contributed by atoms with Crippen LogP contribution in [0.5, 0.6) is 5.75 Å². The van der Waals surface area contributed by atoms with Crippen molar-refractivity contribution in [1.29, 1.82) is 0 Å². The first-order valence-corrected chi connectivity index (χ1v) is 7.69. The quantitative estimate of drug-likeness (QED) is 0.712. The molecule has 0 saturated carbocycles. The summed E-state index contributed by atoms with van der Waals surface area (Å²) in [6, 6.07) is 10.8. The molecule has 0 unspecified atom stereocenters. The predicted octanol–water partition coefficient (Wildman–Crippen LogP) is 4.64. The summed E-state index contributed by atoms with van der Waals surface area (Å²) in [6.45, 7) is 1.50. The highest BCUT2D eigenvalue weighted by atomic mass is 127. The van der Waals surface area contributed by atoms with Gasteiger partial charge in [-0.1, -0.05) is 12.1 Å². The van der Waals surface area contributed by atoms with Crippen LogP contribution in [-0.4, -0.2) is 12.5 Å². The number of anilines is 1. The Bertz CT molecular complexity index is 717. The summed E-state index contributed by atoms with van der Waals surface area (Å²) in [4.78, 5) is 11.8. The molecular weight excluding hydrogens is 422 g/mol. The maximum absolute atomic E-state index is 13.0. The van der Waals surface area contributed by atoms with E-state index in [4.69, 9.17) is 4.74 Å². The number of hydrogen-bond acceptors (Lipinski definition) is 2. The first-order chi connectivity index (χ1) is 10.8. The Morgan fingerprint density at radius 2 is 1.96 bits per heavy atom. The highest BCUT2D eigenvalue weighted by Gasteiger charge is 2.34. The number of hydrogen-bond donors (Lipinski definition) is 1. The van der Waals surface area contributed by atoms with Crippen LogP contribution in [0.1, 0.15) is 11.1 Å². The monoisotopic (exact) mass is 435 g/mol. The summed E-state index contributed by atoms with van der Waals surface area (Å²) in [7, 11) is 0. The Morgan fingerprint density at radius 3 is 2.61 bits per heavy atom. The van der Waals surface area contributed by atoms with Crippen LogP contribution in [0.4, 0.5) is 18.9 Å². The standard InChI is InChI=1S/C16H13F3INO2/c1-10-3-2-4-12(7-10)23-9-15(22)21-14-6-5-11(20)8-13(14)16(17,18)19/h2-8H,9H2,1H3,(H,21,22). The van der Waals surface area contributed by atoms with Crippen molar-refractivity contribution in [3.8, 4) is 5.75 Å². The van der Waals surface area contributed by atoms with E-state index in [-0.39, 0.29) is 12.3 Å². The van der Waals surface area contributed by atoms with Crippen molar-refractivity contribution in [2.45, 2.75) is 13.1 Å². The van der Waals surface area contributed by atoms with Crippen molar-refractivity contribution >= 4 is 34.2 Å². The summed E-state index contributed by atoms with van der Waals surface area (Å²) >= 11 is 1.79. The topological polar surface area (TPSA) is 38.3 Å². The molecule has 0 aliphatic rings. The number of carbonyl (C=O) groups excluding carboxylic acids is 1. The molecule has 0 aliphatic heterocycles. The van der Waals surface area contributed by atoms with E-state index in [9.17, 15) is 18.0 Å². The fraction of sp³-hybridized carbons (Fsp3) is 0.188. The summed E-state index contributed by atoms with van der Waals surface area (Å²) < 4.78 is 44.7. The molecule has 2 rings (SSSR count). The second-order valence-electron chi connectivity index (χ2n) is 4.84. The normalized spacial score (nSPS) is 11.2. The molecule has 0 spiro atoms. The molecule has 7 heteroatoms. The average molecular weight is 435 g/mol. The molecule has 1 N–H and O–H groups in total. The molecular formula is C16H13F3INO2. The maximum Gasteiger partial charge on any atom is 0.418 e. The number of amides is 1. The van der Waals surface area contributed by atoms with Gasteiger partial charge in [-0.05, 0) is 65.4 Å². The number of nitrogens with one attached hydrogen (secondary N) is 1. The first kappa shape index (κ1) is 17.6. The van der Waals surface area contributed by atoms with E-state index in [0.717, 1.165) is 11.6 Å². The lowest BCUT2D eigenvalue weighted by atomic mass is 10.1. The van der Waals surface area contributed by atoms with Crippen molar-refractivity contribution in [3.05, 3.63) is 57.2 Å². The Labute approximate surface area is 145 Å². The van der Waals surface area contributed by atoms with Gasteiger partial charge in [-0.25, -0.2) is 0 Å². The highest BCUT2D eigenvalue weighted by molar-refractivity contribution is 14.1. The third-order valence-electron chi connectivity index (χ3n) is 2.92. The fourth-order valence-corrected chi connectivity index (χ4v) is 2.39. The number of alkyl halides is 3. The van der Waals surface area contributed by atoms with Gasteiger partial charge in [0, 0.05) is 3.57 Å². The van der Waals surface area contributed by atoms with Gasteiger partial charge >= 0.3 is 6.18 Å². The van der Waals surface area contributed by atoms with E-state index in [1.54, 1.807) is 40.8 Å². The largest absolute Gasteiger partial charge is 0.484 e. The minimum atomic E-state index is -4.54. The van der Waals surface area contributed by atoms with Crippen LogP contribution < -0.4 is 10.1 Å². The Morgan fingerprint density at radius 1 is 1.22 bits per heavy atom. The molecule has 3 nitrogen and oxygen atoms in total. The highest BCUT2D eigenvalue weighted by Crippen LogP contribution is 2.35. The van der Waals surface area contributed by atoms with Gasteiger partial charge in [-0.2, -0.15) is 13.2 Å². The summed E-state index contributed by atoms with van der Waals surface area (Å²) in [5, 5.41) is 2.24. The van der Waals surface area contributed by atoms with Crippen LogP contribution in [0.3, 0.4) is 0 Å². The molecule has 2 aromatic carbocycles. The molecule has 2 aromatic rings. The molecule has 122 valence electrons. The maximum atomic E-state index is 13.0. The molecule has 1 amide bonds. The SMILES string of the molecule is Cc1cccc(OCC(=O)Nc2ccc(I)cc2C(F)(F)F)c1. The number of aryl methyl sites for hydroxylation is 1. The summed E-state index contributed by atoms with van der Waals surface area (Å²) in [5.74, 6) is -0.169. The smallest absolute Gasteiger partial charge is 0.418 e. The third kappa shape index (κ3) is 5.12. The number of benzene rings is 2. The molecule has 0 radical (unpaired) electrons. The van der Waals surface area contributed by atoms with Crippen LogP contribution in [0.15, 0.2) is 42.5 Å². The van der Waals surface area contributed by atoms with Crippen molar-refractivity contribution in [2.75, 3.05) is 11.9 Å². The van der Waals surface area contributed by atoms with Gasteiger partial charge in [-0.3, -0.25) is 4.79 Å². The van der Waals surface area contributed by atoms with Gasteiger partial charge in [0.2, 0.25) is 0 Å². The third-order valence-corrected chi connectivity index (χ3v) is 3.59. The van der Waals surface area contributed by atoms with Gasteiger partial charge in [-0.15, -0.1) is 0 Å². The minimum absolute atomic E-state index is 0.282. The lowest BCUT2D eigenvalue weighted by Gasteiger charge is -2.14. The fourth-order valence-electron chi connectivity index (χ4n) is 1.90. The second-order valence-corrected chi connectivity index (χ2v) is 6.09. The molecule has 0 saturated heterocycles. The minimum Gasteiger partial charge on any atom is -0.484 e. The number of ether oxygens (including phenoxy) is 1. The van der Waals surface area contributed by atoms with Crippen molar-refractivity contribution < 1.29 is 22.7 Å². The van der Waals surface area contributed by atoms with E-state index >= 15 is 0 Å². The zero-order valence-corrected chi connectivity index (χ0v) is 14.2. The lowest BCUT2D eigenvalue weighted by Crippen LogP contribution is -2.22. The Balaban J connectivity index is 2.06. The van der Waals surface area contributed by atoms with Crippen LogP contribution in [0, 0.1) is 10.5 Å². The number of carbonyl (C=O) groups is 1. The second kappa shape index (κ2) is 7.20. The van der Waals surface area contributed by atoms with Crippen LogP contribution in [0.2, 0.25) is 0 Å². The Hall–Kier alpha value is -1.77. The molecule has 0 aromatic heterocycles. The van der Waals surface area contributed by atoms with E-state index in [0.29, 0.717) is 9.32 Å². The van der Waals surface area contributed by atoms with Crippen molar-refractivity contribution in [1.82, 2.24) is 0 Å². The van der Waals surface area contributed by atoms with Gasteiger partial charge in [0.15, 0.2) is 6.61 Å². The predicted molar refractivity (Wildman–Crippen MR) is 89.5 cm³/mol. The molecule has 23 heavy (non-hydrogen) atoms. The van der Waals surface area contributed by atoms with E-state index < -0.39 is 17.6 Å². The first-order valence-electron chi connectivity index (χ1n) is 6.62. The van der Waals surface area contributed by atoms with E-state index in [1.807, 2.05) is 13.0 Å². The molecule has 0 bridgehead atoms. The lowest BCUT2D eigenvalue weighted by molar-refractivity contribution is -0.137. The van der Waals surface area contributed by atoms with Crippen molar-refractivity contribution in [2.24, 2.45) is 0 Å². The van der Waals surface area contributed by atoms with Crippen LogP contribution in [0.25, 0.3) is 0 Å². The van der Waals surface area contributed by atoms with Crippen LogP contribution in [-0.2, 0) is 11.0 Å². The van der Waals surface area contributed by atoms with Gasteiger partial charge < -0.3 is 10.1 Å². The summed E-state index contributed by atoms with van der Waals surface area (Å²) in [6.07, 6.45) is -4.54. The number of halogens is 4. The zero-order valence-electron chi connectivity index (χ0n) is 12.1. The molecule has 0 aliphatic carbocycles. The van der Waals surface area contributed by atoms with Gasteiger partial charge in [0.25, 0.3) is 5.91 Å². The van der Waals surface area contributed by atoms with E-state index in [2.05, 4.69) is 5.32 Å². The molecule has 0 fully saturated rings. The summed E-state index contributed by atoms with van der Waals surface area (Å²) in [5.41, 5.74) is -0.205. The van der Waals surface area contributed by atoms with Gasteiger partial charge in [0.1, 0.15) is 5.75 Å². The zero-order chi connectivity index (χ0) is 17.0. The molecule has 0 heterocycles. The van der Waals surface area contributed by atoms with E-state index in [1.165, 1.54) is 12.1 Å². The molecule has 0 atom stereocenters. The van der Waals surface area contributed by atoms with Gasteiger partial charge in [0.05, 0.1) is 11.3 Å². The van der Waals surface area contributed by atoms with Crippen LogP contribution >= 0.6 is 22.6 Å². The Kier molecular flexibility index (Phi) is 5.51. The number of rotatable bonds is 4. The average Bonchev–Trinajstić information content (AvgIpc) is 2.46. The van der Waals surface area contributed by atoms with Crippen molar-refractivity contribution in [3.63, 3.8) is 0 Å².